The summed E-state index contributed by atoms with van der Waals surface area (Å²) < 4.78 is 37.1. The smallest absolute Gasteiger partial charge is 0.288 e. The summed E-state index contributed by atoms with van der Waals surface area (Å²) in [6, 6.07) is 8.17. The number of anilines is 1. The second-order valence-electron chi connectivity index (χ2n) is 5.29. The third-order valence-electron chi connectivity index (χ3n) is 3.38. The molecule has 0 N–H and O–H groups in total. The van der Waals surface area contributed by atoms with Crippen molar-refractivity contribution in [2.24, 2.45) is 0 Å². The van der Waals surface area contributed by atoms with Gasteiger partial charge in [0.2, 0.25) is 0 Å². The summed E-state index contributed by atoms with van der Waals surface area (Å²) in [4.78, 5) is 11.5. The number of sulfone groups is 1. The number of nitro groups is 1. The largest absolute Gasteiger partial charge is 0.370 e. The first-order valence-corrected chi connectivity index (χ1v) is 9.00. The second-order valence-corrected chi connectivity index (χ2v) is 7.68. The van der Waals surface area contributed by atoms with Crippen LogP contribution in [0.5, 0.6) is 0 Å². The molecule has 0 saturated heterocycles. The SMILES string of the molecule is CN(Cc1ccc(Cl)c(F)c1)c1ccc([N+](=O)[O-])c(S(C)(=O)=O)c1. The van der Waals surface area contributed by atoms with E-state index in [4.69, 9.17) is 11.6 Å². The molecule has 0 spiro atoms. The van der Waals surface area contributed by atoms with Gasteiger partial charge >= 0.3 is 0 Å². The van der Waals surface area contributed by atoms with Gasteiger partial charge in [0.1, 0.15) is 10.7 Å². The van der Waals surface area contributed by atoms with Crippen molar-refractivity contribution < 1.29 is 17.7 Å². The number of benzene rings is 2. The molecule has 0 radical (unpaired) electrons. The average Bonchev–Trinajstić information content (AvgIpc) is 2.49. The van der Waals surface area contributed by atoms with Crippen LogP contribution < -0.4 is 4.90 Å². The van der Waals surface area contributed by atoms with Crippen LogP contribution in [-0.2, 0) is 16.4 Å². The number of rotatable bonds is 5. The van der Waals surface area contributed by atoms with E-state index >= 15 is 0 Å². The fraction of sp³-hybridized carbons (Fsp3) is 0.200. The topological polar surface area (TPSA) is 80.5 Å². The number of nitro benzene ring substituents is 1. The molecule has 2 aromatic carbocycles. The van der Waals surface area contributed by atoms with E-state index in [9.17, 15) is 22.9 Å². The Hall–Kier alpha value is -2.19. The van der Waals surface area contributed by atoms with E-state index in [0.717, 1.165) is 12.3 Å². The Morgan fingerprint density at radius 2 is 1.92 bits per heavy atom. The van der Waals surface area contributed by atoms with E-state index in [1.165, 1.54) is 24.3 Å². The minimum absolute atomic E-state index is 0.0103. The van der Waals surface area contributed by atoms with Crippen molar-refractivity contribution in [2.45, 2.75) is 11.4 Å². The second kappa shape index (κ2) is 6.74. The van der Waals surface area contributed by atoms with Gasteiger partial charge in [-0.1, -0.05) is 17.7 Å². The van der Waals surface area contributed by atoms with Gasteiger partial charge in [0.25, 0.3) is 5.69 Å². The van der Waals surface area contributed by atoms with Gasteiger partial charge in [-0.2, -0.15) is 0 Å². The predicted molar refractivity (Wildman–Crippen MR) is 89.7 cm³/mol. The van der Waals surface area contributed by atoms with Gasteiger partial charge < -0.3 is 4.90 Å². The summed E-state index contributed by atoms with van der Waals surface area (Å²) in [5.41, 5.74) is 0.599. The standard InChI is InChI=1S/C15H14ClFN2O4S/c1-18(9-10-3-5-12(16)13(17)7-10)11-4-6-14(19(20)21)15(8-11)24(2,22)23/h3-8H,9H2,1-2H3. The minimum Gasteiger partial charge on any atom is -0.370 e. The Morgan fingerprint density at radius 3 is 2.46 bits per heavy atom. The van der Waals surface area contributed by atoms with Gasteiger partial charge in [-0.3, -0.25) is 10.1 Å². The summed E-state index contributed by atoms with van der Waals surface area (Å²) >= 11 is 5.63. The summed E-state index contributed by atoms with van der Waals surface area (Å²) in [5.74, 6) is -0.553. The van der Waals surface area contributed by atoms with Gasteiger partial charge in [0.15, 0.2) is 9.84 Å². The van der Waals surface area contributed by atoms with Gasteiger partial charge in [0, 0.05) is 31.6 Å². The molecule has 0 saturated carbocycles. The van der Waals surface area contributed by atoms with E-state index in [-0.39, 0.29) is 16.5 Å². The van der Waals surface area contributed by atoms with E-state index in [1.807, 2.05) is 0 Å². The Morgan fingerprint density at radius 1 is 1.25 bits per heavy atom. The van der Waals surface area contributed by atoms with Gasteiger partial charge in [-0.05, 0) is 29.8 Å². The van der Waals surface area contributed by atoms with E-state index in [1.54, 1.807) is 18.0 Å². The summed E-state index contributed by atoms with van der Waals surface area (Å²) in [6.07, 6.45) is 0.910. The molecule has 0 atom stereocenters. The highest BCUT2D eigenvalue weighted by molar-refractivity contribution is 7.90. The molecule has 24 heavy (non-hydrogen) atoms. The molecule has 0 heterocycles. The zero-order chi connectivity index (χ0) is 18.1. The third-order valence-corrected chi connectivity index (χ3v) is 4.82. The maximum Gasteiger partial charge on any atom is 0.288 e. The van der Waals surface area contributed by atoms with Crippen LogP contribution in [0, 0.1) is 15.9 Å². The van der Waals surface area contributed by atoms with Crippen molar-refractivity contribution in [3.63, 3.8) is 0 Å². The highest BCUT2D eigenvalue weighted by atomic mass is 35.5. The first-order valence-electron chi connectivity index (χ1n) is 6.73. The highest BCUT2D eigenvalue weighted by Crippen LogP contribution is 2.29. The Bertz CT molecular complexity index is 902. The number of hydrogen-bond donors (Lipinski definition) is 0. The fourth-order valence-electron chi connectivity index (χ4n) is 2.19. The van der Waals surface area contributed by atoms with Crippen molar-refractivity contribution in [1.29, 1.82) is 0 Å². The average molecular weight is 373 g/mol. The first kappa shape index (κ1) is 18.2. The minimum atomic E-state index is -3.77. The number of hydrogen-bond acceptors (Lipinski definition) is 5. The third kappa shape index (κ3) is 4.01. The molecular weight excluding hydrogens is 359 g/mol. The van der Waals surface area contributed by atoms with Crippen LogP contribution in [0.25, 0.3) is 0 Å². The monoisotopic (exact) mass is 372 g/mol. The van der Waals surface area contributed by atoms with Crippen LogP contribution >= 0.6 is 11.6 Å². The molecule has 6 nitrogen and oxygen atoms in total. The van der Waals surface area contributed by atoms with Crippen molar-refractivity contribution in [3.05, 3.63) is 62.9 Å². The Balaban J connectivity index is 2.37. The predicted octanol–water partition coefficient (Wildman–Crippen LogP) is 3.43. The molecule has 0 aliphatic carbocycles. The molecule has 2 rings (SSSR count). The lowest BCUT2D eigenvalue weighted by Gasteiger charge is -2.20. The molecule has 0 bridgehead atoms. The molecule has 0 aliphatic heterocycles. The maximum absolute atomic E-state index is 13.5. The number of nitrogens with zero attached hydrogens (tertiary/aromatic N) is 2. The zero-order valence-corrected chi connectivity index (χ0v) is 14.4. The van der Waals surface area contributed by atoms with E-state index in [0.29, 0.717) is 11.3 Å². The normalized spacial score (nSPS) is 11.3. The zero-order valence-electron chi connectivity index (χ0n) is 12.9. The first-order chi connectivity index (χ1) is 11.1. The number of halogens is 2. The van der Waals surface area contributed by atoms with Crippen LogP contribution in [0.1, 0.15) is 5.56 Å². The molecule has 0 unspecified atom stereocenters. The molecule has 0 fully saturated rings. The molecule has 0 aromatic heterocycles. The molecule has 2 aromatic rings. The lowest BCUT2D eigenvalue weighted by molar-refractivity contribution is -0.387. The van der Waals surface area contributed by atoms with Crippen molar-refractivity contribution >= 4 is 32.8 Å². The lowest BCUT2D eigenvalue weighted by Crippen LogP contribution is -2.17. The fourth-order valence-corrected chi connectivity index (χ4v) is 3.17. The quantitative estimate of drug-likeness (QED) is 0.593. The molecule has 0 aliphatic rings. The van der Waals surface area contributed by atoms with Crippen LogP contribution in [-0.4, -0.2) is 26.6 Å². The van der Waals surface area contributed by atoms with E-state index in [2.05, 4.69) is 0 Å². The molecular formula is C15H14ClFN2O4S. The van der Waals surface area contributed by atoms with Gasteiger partial charge in [0.05, 0.1) is 9.95 Å². The van der Waals surface area contributed by atoms with Gasteiger partial charge in [-0.15, -0.1) is 0 Å². The van der Waals surface area contributed by atoms with Crippen LogP contribution in [0.3, 0.4) is 0 Å². The van der Waals surface area contributed by atoms with Crippen molar-refractivity contribution in [1.82, 2.24) is 0 Å². The van der Waals surface area contributed by atoms with Crippen molar-refractivity contribution in [2.75, 3.05) is 18.2 Å². The van der Waals surface area contributed by atoms with Crippen LogP contribution in [0.15, 0.2) is 41.3 Å². The molecule has 128 valence electrons. The highest BCUT2D eigenvalue weighted by Gasteiger charge is 2.23. The molecule has 9 heteroatoms. The lowest BCUT2D eigenvalue weighted by atomic mass is 10.2. The summed E-state index contributed by atoms with van der Waals surface area (Å²) in [7, 11) is -2.10. The van der Waals surface area contributed by atoms with Crippen LogP contribution in [0.4, 0.5) is 15.8 Å². The van der Waals surface area contributed by atoms with Gasteiger partial charge in [-0.25, -0.2) is 12.8 Å². The molecule has 0 amide bonds. The summed E-state index contributed by atoms with van der Waals surface area (Å²) in [5, 5.41) is 11.0. The van der Waals surface area contributed by atoms with Crippen molar-refractivity contribution in [3.8, 4) is 0 Å². The Kier molecular flexibility index (Phi) is 5.10. The Labute approximate surface area is 143 Å². The maximum atomic E-state index is 13.5. The van der Waals surface area contributed by atoms with Crippen LogP contribution in [0.2, 0.25) is 5.02 Å². The van der Waals surface area contributed by atoms with E-state index < -0.39 is 26.3 Å². The summed E-state index contributed by atoms with van der Waals surface area (Å²) in [6.45, 7) is 0.273.